The second-order valence-electron chi connectivity index (χ2n) is 6.87. The molecule has 1 unspecified atom stereocenters. The van der Waals surface area contributed by atoms with Crippen molar-refractivity contribution < 1.29 is 14.3 Å². The van der Waals surface area contributed by atoms with Gasteiger partial charge in [0.15, 0.2) is 11.5 Å². The SMILES string of the molecule is COc1cccc2c1OCC(NC(=O)N1CCc3c(ncn(C)c3=O)C1)C2. The minimum Gasteiger partial charge on any atom is -0.493 e. The number of benzene rings is 1. The minimum atomic E-state index is -0.164. The number of hydrogen-bond acceptors (Lipinski definition) is 5. The molecule has 1 atom stereocenters. The van der Waals surface area contributed by atoms with E-state index < -0.39 is 0 Å². The molecule has 2 amide bonds. The minimum absolute atomic E-state index is 0.0358. The number of urea groups is 1. The van der Waals surface area contributed by atoms with Crippen LogP contribution < -0.4 is 20.3 Å². The molecule has 0 fully saturated rings. The number of methoxy groups -OCH3 is 1. The maximum absolute atomic E-state index is 12.7. The molecular formula is C19H22N4O4. The lowest BCUT2D eigenvalue weighted by atomic mass is 10.0. The second kappa shape index (κ2) is 6.94. The Hall–Kier alpha value is -3.03. The van der Waals surface area contributed by atoms with Gasteiger partial charge >= 0.3 is 6.03 Å². The fourth-order valence-corrected chi connectivity index (χ4v) is 3.60. The lowest BCUT2D eigenvalue weighted by Gasteiger charge is -2.32. The van der Waals surface area contributed by atoms with Crippen LogP contribution in [-0.2, 0) is 26.4 Å². The summed E-state index contributed by atoms with van der Waals surface area (Å²) in [7, 11) is 3.30. The largest absolute Gasteiger partial charge is 0.493 e. The van der Waals surface area contributed by atoms with E-state index in [0.29, 0.717) is 49.5 Å². The predicted octanol–water partition coefficient (Wildman–Crippen LogP) is 0.860. The third-order valence-corrected chi connectivity index (χ3v) is 5.08. The van der Waals surface area contributed by atoms with Crippen molar-refractivity contribution in [3.8, 4) is 11.5 Å². The molecule has 27 heavy (non-hydrogen) atoms. The van der Waals surface area contributed by atoms with Crippen molar-refractivity contribution in [3.05, 3.63) is 51.7 Å². The van der Waals surface area contributed by atoms with Gasteiger partial charge in [-0.3, -0.25) is 4.79 Å². The van der Waals surface area contributed by atoms with Crippen LogP contribution in [-0.4, -0.2) is 46.8 Å². The van der Waals surface area contributed by atoms with Gasteiger partial charge in [0, 0.05) is 24.7 Å². The van der Waals surface area contributed by atoms with Gasteiger partial charge in [0.1, 0.15) is 6.61 Å². The van der Waals surface area contributed by atoms with Gasteiger partial charge in [0.05, 0.1) is 31.7 Å². The Bertz CT molecular complexity index is 940. The van der Waals surface area contributed by atoms with Gasteiger partial charge in [-0.1, -0.05) is 12.1 Å². The highest BCUT2D eigenvalue weighted by molar-refractivity contribution is 5.75. The highest BCUT2D eigenvalue weighted by Gasteiger charge is 2.28. The summed E-state index contributed by atoms with van der Waals surface area (Å²) in [6.07, 6.45) is 2.70. The van der Waals surface area contributed by atoms with Crippen LogP contribution in [0.3, 0.4) is 0 Å². The Morgan fingerprint density at radius 1 is 1.41 bits per heavy atom. The Morgan fingerprint density at radius 2 is 2.26 bits per heavy atom. The highest BCUT2D eigenvalue weighted by Crippen LogP contribution is 2.34. The molecule has 1 aromatic heterocycles. The molecule has 8 nitrogen and oxygen atoms in total. The predicted molar refractivity (Wildman–Crippen MR) is 98.1 cm³/mol. The number of aromatic nitrogens is 2. The third-order valence-electron chi connectivity index (χ3n) is 5.08. The Kier molecular flexibility index (Phi) is 4.47. The van der Waals surface area contributed by atoms with Crippen molar-refractivity contribution in [2.24, 2.45) is 7.05 Å². The van der Waals surface area contributed by atoms with E-state index in [1.165, 1.54) is 10.9 Å². The summed E-state index contributed by atoms with van der Waals surface area (Å²) in [6, 6.07) is 5.48. The molecule has 0 saturated carbocycles. The summed E-state index contributed by atoms with van der Waals surface area (Å²) in [4.78, 5) is 30.8. The molecule has 142 valence electrons. The summed E-state index contributed by atoms with van der Waals surface area (Å²) in [5, 5.41) is 3.03. The molecule has 0 radical (unpaired) electrons. The van der Waals surface area contributed by atoms with Crippen LogP contribution in [0, 0.1) is 0 Å². The van der Waals surface area contributed by atoms with Crippen molar-refractivity contribution in [1.29, 1.82) is 0 Å². The summed E-state index contributed by atoms with van der Waals surface area (Å²) in [5.74, 6) is 1.45. The molecule has 8 heteroatoms. The number of nitrogens with one attached hydrogen (secondary N) is 1. The molecule has 2 aliphatic heterocycles. The maximum atomic E-state index is 12.7. The summed E-state index contributed by atoms with van der Waals surface area (Å²) in [5.41, 5.74) is 2.35. The number of rotatable bonds is 2. The zero-order chi connectivity index (χ0) is 19.0. The Labute approximate surface area is 156 Å². The van der Waals surface area contributed by atoms with Crippen molar-refractivity contribution in [1.82, 2.24) is 19.8 Å². The maximum Gasteiger partial charge on any atom is 0.318 e. The molecule has 2 aromatic rings. The zero-order valence-corrected chi connectivity index (χ0v) is 15.4. The first-order valence-corrected chi connectivity index (χ1v) is 8.94. The first kappa shape index (κ1) is 17.4. The lowest BCUT2D eigenvalue weighted by Crippen LogP contribution is -2.50. The van der Waals surface area contributed by atoms with Gasteiger partial charge in [-0.05, 0) is 18.9 Å². The lowest BCUT2D eigenvalue weighted by molar-refractivity contribution is 0.173. The number of aryl methyl sites for hydroxylation is 1. The number of amides is 2. The summed E-state index contributed by atoms with van der Waals surface area (Å²) < 4.78 is 12.6. The van der Waals surface area contributed by atoms with Gasteiger partial charge < -0.3 is 24.3 Å². The van der Waals surface area contributed by atoms with Crippen molar-refractivity contribution in [2.45, 2.75) is 25.4 Å². The van der Waals surface area contributed by atoms with E-state index in [-0.39, 0.29) is 17.6 Å². The number of carbonyl (C=O) groups is 1. The number of fused-ring (bicyclic) bond motifs is 2. The van der Waals surface area contributed by atoms with Crippen molar-refractivity contribution in [2.75, 3.05) is 20.3 Å². The van der Waals surface area contributed by atoms with E-state index in [4.69, 9.17) is 9.47 Å². The van der Waals surface area contributed by atoms with Gasteiger partial charge in [-0.15, -0.1) is 0 Å². The molecular weight excluding hydrogens is 348 g/mol. The monoisotopic (exact) mass is 370 g/mol. The smallest absolute Gasteiger partial charge is 0.318 e. The quantitative estimate of drug-likeness (QED) is 0.848. The number of ether oxygens (including phenoxy) is 2. The van der Waals surface area contributed by atoms with E-state index in [9.17, 15) is 9.59 Å². The molecule has 1 aromatic carbocycles. The van der Waals surface area contributed by atoms with Crippen molar-refractivity contribution >= 4 is 6.03 Å². The van der Waals surface area contributed by atoms with Crippen LogP contribution in [0.15, 0.2) is 29.3 Å². The molecule has 0 spiro atoms. The van der Waals surface area contributed by atoms with Gasteiger partial charge in [-0.25, -0.2) is 9.78 Å². The van der Waals surface area contributed by atoms with E-state index in [0.717, 1.165) is 11.3 Å². The normalized spacial score (nSPS) is 18.1. The average molecular weight is 370 g/mol. The molecule has 0 saturated heterocycles. The van der Waals surface area contributed by atoms with Crippen LogP contribution in [0.2, 0.25) is 0 Å². The van der Waals surface area contributed by atoms with E-state index in [1.807, 2.05) is 18.2 Å². The summed E-state index contributed by atoms with van der Waals surface area (Å²) in [6.45, 7) is 1.23. The van der Waals surface area contributed by atoms with Crippen LogP contribution in [0.1, 0.15) is 16.8 Å². The number of carbonyl (C=O) groups excluding carboxylic acids is 1. The molecule has 0 aliphatic carbocycles. The highest BCUT2D eigenvalue weighted by atomic mass is 16.5. The first-order valence-electron chi connectivity index (χ1n) is 8.94. The Morgan fingerprint density at radius 3 is 3.07 bits per heavy atom. The van der Waals surface area contributed by atoms with Gasteiger partial charge in [-0.2, -0.15) is 0 Å². The topological polar surface area (TPSA) is 85.7 Å². The Balaban J connectivity index is 1.43. The standard InChI is InChI=1S/C19H22N4O4/c1-22-11-20-15-9-23(7-6-14(15)18(22)24)19(25)21-13-8-12-4-3-5-16(26-2)17(12)27-10-13/h3-5,11,13H,6-10H2,1-2H3,(H,21,25). The molecule has 0 bridgehead atoms. The molecule has 4 rings (SSSR count). The first-order chi connectivity index (χ1) is 13.1. The van der Waals surface area contributed by atoms with E-state index >= 15 is 0 Å². The molecule has 1 N–H and O–H groups in total. The van der Waals surface area contributed by atoms with E-state index in [2.05, 4.69) is 10.3 Å². The zero-order valence-electron chi connectivity index (χ0n) is 15.4. The number of nitrogens with zero attached hydrogens (tertiary/aromatic N) is 3. The second-order valence-corrected chi connectivity index (χ2v) is 6.87. The van der Waals surface area contributed by atoms with E-state index in [1.54, 1.807) is 19.1 Å². The van der Waals surface area contributed by atoms with Gasteiger partial charge in [0.2, 0.25) is 0 Å². The fourth-order valence-electron chi connectivity index (χ4n) is 3.60. The number of hydrogen-bond donors (Lipinski definition) is 1. The average Bonchev–Trinajstić information content (AvgIpc) is 2.69. The van der Waals surface area contributed by atoms with Gasteiger partial charge in [0.25, 0.3) is 5.56 Å². The number of para-hydroxylation sites is 1. The fraction of sp³-hybridized carbons (Fsp3) is 0.421. The molecule has 2 aliphatic rings. The van der Waals surface area contributed by atoms with Crippen LogP contribution >= 0.6 is 0 Å². The van der Waals surface area contributed by atoms with Crippen molar-refractivity contribution in [3.63, 3.8) is 0 Å². The van der Waals surface area contributed by atoms with Crippen LogP contribution in [0.25, 0.3) is 0 Å². The third kappa shape index (κ3) is 3.22. The summed E-state index contributed by atoms with van der Waals surface area (Å²) >= 11 is 0. The van der Waals surface area contributed by atoms with Crippen LogP contribution in [0.4, 0.5) is 4.79 Å². The van der Waals surface area contributed by atoms with Crippen LogP contribution in [0.5, 0.6) is 11.5 Å². The molecule has 3 heterocycles.